The fourth-order valence-corrected chi connectivity index (χ4v) is 2.48. The first kappa shape index (κ1) is 16.9. The average Bonchev–Trinajstić information content (AvgIpc) is 2.76. The van der Waals surface area contributed by atoms with Gasteiger partial charge in [0.2, 0.25) is 11.8 Å². The van der Waals surface area contributed by atoms with Gasteiger partial charge in [0.15, 0.2) is 11.5 Å². The number of rotatable bonds is 5. The Balaban J connectivity index is 1.96. The van der Waals surface area contributed by atoms with E-state index in [-0.39, 0.29) is 17.9 Å². The molecule has 0 radical (unpaired) electrons. The van der Waals surface area contributed by atoms with Gasteiger partial charge in [-0.2, -0.15) is 0 Å². The molecule has 2 N–H and O–H groups in total. The van der Waals surface area contributed by atoms with Crippen LogP contribution in [0.25, 0.3) is 6.08 Å². The molecule has 1 atom stereocenters. The topological polar surface area (TPSA) is 76.7 Å². The molecule has 1 saturated heterocycles. The number of nitrogens with one attached hydrogen (secondary N) is 2. The lowest BCUT2D eigenvalue weighted by Crippen LogP contribution is -2.35. The quantitative estimate of drug-likeness (QED) is 0.807. The summed E-state index contributed by atoms with van der Waals surface area (Å²) in [5.74, 6) is 1.02. The standard InChI is InChI=1S/C17H22N2O4/c1-22-14-7-5-12(10-15(14)23-2)6-8-16(20)19-13-4-3-9-18-17(21)11-13/h5-8,10,13H,3-4,9,11H2,1-2H3,(H,18,21)(H,19,20). The third-order valence-electron chi connectivity index (χ3n) is 3.66. The van der Waals surface area contributed by atoms with Crippen LogP contribution in [-0.4, -0.2) is 38.6 Å². The fourth-order valence-electron chi connectivity index (χ4n) is 2.48. The average molecular weight is 318 g/mol. The van der Waals surface area contributed by atoms with Crippen LogP contribution in [-0.2, 0) is 9.59 Å². The largest absolute Gasteiger partial charge is 0.493 e. The highest BCUT2D eigenvalue weighted by molar-refractivity contribution is 5.92. The summed E-state index contributed by atoms with van der Waals surface area (Å²) in [5.41, 5.74) is 0.830. The van der Waals surface area contributed by atoms with Crippen LogP contribution in [0.2, 0.25) is 0 Å². The van der Waals surface area contributed by atoms with Crippen LogP contribution in [0.3, 0.4) is 0 Å². The molecule has 0 bridgehead atoms. The summed E-state index contributed by atoms with van der Waals surface area (Å²) in [7, 11) is 3.14. The highest BCUT2D eigenvalue weighted by atomic mass is 16.5. The molecule has 0 spiro atoms. The zero-order valence-electron chi connectivity index (χ0n) is 13.4. The van der Waals surface area contributed by atoms with Crippen molar-refractivity contribution < 1.29 is 19.1 Å². The first-order valence-corrected chi connectivity index (χ1v) is 7.59. The Morgan fingerprint density at radius 1 is 1.30 bits per heavy atom. The maximum absolute atomic E-state index is 12.0. The predicted molar refractivity (Wildman–Crippen MR) is 87.4 cm³/mol. The lowest BCUT2D eigenvalue weighted by Gasteiger charge is -2.13. The second kappa shape index (κ2) is 8.22. The molecule has 0 aromatic heterocycles. The third-order valence-corrected chi connectivity index (χ3v) is 3.66. The Hall–Kier alpha value is -2.50. The number of benzene rings is 1. The van der Waals surface area contributed by atoms with Crippen molar-refractivity contribution in [2.45, 2.75) is 25.3 Å². The number of carbonyl (C=O) groups is 2. The number of hydrogen-bond donors (Lipinski definition) is 2. The second-order valence-electron chi connectivity index (χ2n) is 5.35. The Morgan fingerprint density at radius 2 is 2.09 bits per heavy atom. The molecular formula is C17H22N2O4. The number of amides is 2. The van der Waals surface area contributed by atoms with Crippen molar-refractivity contribution in [2.75, 3.05) is 20.8 Å². The summed E-state index contributed by atoms with van der Waals surface area (Å²) < 4.78 is 10.4. The molecule has 0 saturated carbocycles. The monoisotopic (exact) mass is 318 g/mol. The SMILES string of the molecule is COc1ccc(C=CC(=O)NC2CCCNC(=O)C2)cc1OC. The molecule has 1 aliphatic heterocycles. The molecule has 1 unspecified atom stereocenters. The molecule has 1 fully saturated rings. The minimum Gasteiger partial charge on any atom is -0.493 e. The van der Waals surface area contributed by atoms with E-state index in [1.165, 1.54) is 6.08 Å². The van der Waals surface area contributed by atoms with E-state index < -0.39 is 0 Å². The molecule has 1 aromatic carbocycles. The highest BCUT2D eigenvalue weighted by Gasteiger charge is 2.18. The Kier molecular flexibility index (Phi) is 6.02. The second-order valence-corrected chi connectivity index (χ2v) is 5.35. The maximum Gasteiger partial charge on any atom is 0.244 e. The van der Waals surface area contributed by atoms with Gasteiger partial charge in [0.25, 0.3) is 0 Å². The number of hydrogen-bond acceptors (Lipinski definition) is 4. The van der Waals surface area contributed by atoms with Gasteiger partial charge in [-0.05, 0) is 36.6 Å². The van der Waals surface area contributed by atoms with E-state index in [9.17, 15) is 9.59 Å². The van der Waals surface area contributed by atoms with Gasteiger partial charge in [-0.3, -0.25) is 9.59 Å². The Morgan fingerprint density at radius 3 is 2.83 bits per heavy atom. The normalized spacial score (nSPS) is 18.2. The van der Waals surface area contributed by atoms with E-state index in [1.807, 2.05) is 6.07 Å². The van der Waals surface area contributed by atoms with Gasteiger partial charge in [-0.25, -0.2) is 0 Å². The van der Waals surface area contributed by atoms with Crippen LogP contribution in [0.4, 0.5) is 0 Å². The van der Waals surface area contributed by atoms with E-state index in [2.05, 4.69) is 10.6 Å². The summed E-state index contributed by atoms with van der Waals surface area (Å²) in [6, 6.07) is 5.30. The minimum atomic E-state index is -0.209. The molecule has 6 heteroatoms. The summed E-state index contributed by atoms with van der Waals surface area (Å²) in [6.45, 7) is 0.673. The van der Waals surface area contributed by atoms with Crippen LogP contribution in [0, 0.1) is 0 Å². The number of methoxy groups -OCH3 is 2. The van der Waals surface area contributed by atoms with Crippen molar-refractivity contribution in [3.8, 4) is 11.5 Å². The summed E-state index contributed by atoms with van der Waals surface area (Å²) in [4.78, 5) is 23.5. The van der Waals surface area contributed by atoms with Gasteiger partial charge < -0.3 is 20.1 Å². The molecule has 0 aliphatic carbocycles. The van der Waals surface area contributed by atoms with Crippen molar-refractivity contribution >= 4 is 17.9 Å². The number of carbonyl (C=O) groups excluding carboxylic acids is 2. The smallest absolute Gasteiger partial charge is 0.244 e. The summed E-state index contributed by atoms with van der Waals surface area (Å²) >= 11 is 0. The van der Waals surface area contributed by atoms with Crippen LogP contribution < -0.4 is 20.1 Å². The molecule has 2 amide bonds. The van der Waals surface area contributed by atoms with Gasteiger partial charge in [-0.15, -0.1) is 0 Å². The van der Waals surface area contributed by atoms with E-state index in [4.69, 9.17) is 9.47 Å². The molecule has 1 heterocycles. The molecule has 1 aromatic rings. The van der Waals surface area contributed by atoms with Crippen LogP contribution in [0.15, 0.2) is 24.3 Å². The maximum atomic E-state index is 12.0. The predicted octanol–water partition coefficient (Wildman–Crippen LogP) is 1.50. The highest BCUT2D eigenvalue weighted by Crippen LogP contribution is 2.27. The van der Waals surface area contributed by atoms with Gasteiger partial charge >= 0.3 is 0 Å². The van der Waals surface area contributed by atoms with Gasteiger partial charge in [-0.1, -0.05) is 6.07 Å². The van der Waals surface area contributed by atoms with Crippen molar-refractivity contribution in [3.63, 3.8) is 0 Å². The van der Waals surface area contributed by atoms with E-state index >= 15 is 0 Å². The summed E-state index contributed by atoms with van der Waals surface area (Å²) in [6.07, 6.45) is 5.17. The van der Waals surface area contributed by atoms with Crippen molar-refractivity contribution in [1.29, 1.82) is 0 Å². The lowest BCUT2D eigenvalue weighted by atomic mass is 10.1. The van der Waals surface area contributed by atoms with Gasteiger partial charge in [0.1, 0.15) is 0 Å². The first-order valence-electron chi connectivity index (χ1n) is 7.59. The van der Waals surface area contributed by atoms with Gasteiger partial charge in [0, 0.05) is 25.1 Å². The van der Waals surface area contributed by atoms with Crippen molar-refractivity contribution in [1.82, 2.24) is 10.6 Å². The molecule has 2 rings (SSSR count). The first-order chi connectivity index (χ1) is 11.1. The molecule has 23 heavy (non-hydrogen) atoms. The van der Waals surface area contributed by atoms with Crippen molar-refractivity contribution in [3.05, 3.63) is 29.8 Å². The fraction of sp³-hybridized carbons (Fsp3) is 0.412. The number of ether oxygens (including phenoxy) is 2. The van der Waals surface area contributed by atoms with Gasteiger partial charge in [0.05, 0.1) is 14.2 Å². The molecule has 6 nitrogen and oxygen atoms in total. The van der Waals surface area contributed by atoms with Crippen molar-refractivity contribution in [2.24, 2.45) is 0 Å². The van der Waals surface area contributed by atoms with Crippen LogP contribution >= 0.6 is 0 Å². The Bertz CT molecular complexity index is 598. The van der Waals surface area contributed by atoms with E-state index in [0.29, 0.717) is 24.5 Å². The molecular weight excluding hydrogens is 296 g/mol. The lowest BCUT2D eigenvalue weighted by molar-refractivity contribution is -0.121. The third kappa shape index (κ3) is 5.02. The van der Waals surface area contributed by atoms with E-state index in [0.717, 1.165) is 18.4 Å². The zero-order valence-corrected chi connectivity index (χ0v) is 13.4. The zero-order chi connectivity index (χ0) is 16.7. The van der Waals surface area contributed by atoms with Crippen LogP contribution in [0.5, 0.6) is 11.5 Å². The Labute approximate surface area is 135 Å². The molecule has 1 aliphatic rings. The minimum absolute atomic E-state index is 0.0170. The van der Waals surface area contributed by atoms with E-state index in [1.54, 1.807) is 32.4 Å². The summed E-state index contributed by atoms with van der Waals surface area (Å²) in [5, 5.41) is 5.66. The van der Waals surface area contributed by atoms with Crippen LogP contribution in [0.1, 0.15) is 24.8 Å². The molecule has 124 valence electrons.